The number of aromatic nitrogens is 1. The van der Waals surface area contributed by atoms with Gasteiger partial charge in [-0.05, 0) is 36.2 Å². The third kappa shape index (κ3) is 4.14. The fourth-order valence-electron chi connectivity index (χ4n) is 2.86. The third-order valence-corrected chi connectivity index (χ3v) is 4.25. The number of hydrogen-bond donors (Lipinski definition) is 1. The lowest BCUT2D eigenvalue weighted by Gasteiger charge is -2.36. The van der Waals surface area contributed by atoms with Gasteiger partial charge < -0.3 is 9.84 Å². The van der Waals surface area contributed by atoms with E-state index in [0.717, 1.165) is 23.4 Å². The zero-order valence-electron chi connectivity index (χ0n) is 14.0. The van der Waals surface area contributed by atoms with E-state index >= 15 is 0 Å². The highest BCUT2D eigenvalue weighted by molar-refractivity contribution is 5.71. The minimum atomic E-state index is -0.717. The number of aliphatic carboxylic acids is 1. The molecule has 1 aliphatic rings. The van der Waals surface area contributed by atoms with Crippen LogP contribution in [-0.4, -0.2) is 34.0 Å². The number of carboxylic acid groups (broad SMARTS) is 1. The smallest absolute Gasteiger partial charge is 0.309 e. The Labute approximate surface area is 146 Å². The van der Waals surface area contributed by atoms with Crippen LogP contribution in [0.4, 0.5) is 0 Å². The van der Waals surface area contributed by atoms with E-state index in [9.17, 15) is 4.79 Å². The predicted molar refractivity (Wildman–Crippen MR) is 90.9 cm³/mol. The molecular formula is C19H19N3O3. The fourth-order valence-corrected chi connectivity index (χ4v) is 2.86. The first-order valence-corrected chi connectivity index (χ1v) is 8.08. The first-order valence-electron chi connectivity index (χ1n) is 8.08. The summed E-state index contributed by atoms with van der Waals surface area (Å²) in [5.74, 6) is -0.175. The fraction of sp³-hybridized carbons (Fsp3) is 0.316. The molecule has 1 aliphatic heterocycles. The first-order chi connectivity index (χ1) is 12.0. The number of nitrogens with zero attached hydrogens (tertiary/aromatic N) is 3. The quantitative estimate of drug-likeness (QED) is 0.871. The van der Waals surface area contributed by atoms with E-state index in [2.05, 4.69) is 16.0 Å². The van der Waals surface area contributed by atoms with Crippen LogP contribution in [0.15, 0.2) is 36.4 Å². The van der Waals surface area contributed by atoms with Gasteiger partial charge in [0, 0.05) is 19.6 Å². The molecule has 3 rings (SSSR count). The molecule has 0 atom stereocenters. The van der Waals surface area contributed by atoms with Crippen molar-refractivity contribution in [2.45, 2.75) is 20.1 Å². The highest BCUT2D eigenvalue weighted by Gasteiger charge is 2.32. The van der Waals surface area contributed by atoms with E-state index < -0.39 is 5.97 Å². The second-order valence-corrected chi connectivity index (χ2v) is 6.24. The number of nitriles is 1. The van der Waals surface area contributed by atoms with Crippen molar-refractivity contribution >= 4 is 5.97 Å². The highest BCUT2D eigenvalue weighted by atomic mass is 16.5. The summed E-state index contributed by atoms with van der Waals surface area (Å²) in [4.78, 5) is 17.2. The Hall–Kier alpha value is -2.91. The third-order valence-electron chi connectivity index (χ3n) is 4.25. The summed E-state index contributed by atoms with van der Waals surface area (Å²) < 4.78 is 5.81. The lowest BCUT2D eigenvalue weighted by molar-refractivity contribution is -0.147. The molecule has 1 saturated heterocycles. The van der Waals surface area contributed by atoms with Gasteiger partial charge in [0.25, 0.3) is 0 Å². The monoisotopic (exact) mass is 337 g/mol. The van der Waals surface area contributed by atoms with Gasteiger partial charge in [-0.3, -0.25) is 9.69 Å². The van der Waals surface area contributed by atoms with Gasteiger partial charge in [-0.2, -0.15) is 5.26 Å². The Morgan fingerprint density at radius 1 is 1.40 bits per heavy atom. The molecule has 6 heteroatoms. The van der Waals surface area contributed by atoms with Crippen LogP contribution in [0.5, 0.6) is 5.75 Å². The lowest BCUT2D eigenvalue weighted by atomic mass is 9.99. The number of benzene rings is 1. The summed E-state index contributed by atoms with van der Waals surface area (Å²) in [5, 5.41) is 17.8. The van der Waals surface area contributed by atoms with Crippen molar-refractivity contribution in [3.05, 3.63) is 58.9 Å². The molecule has 0 radical (unpaired) electrons. The number of carboxylic acids is 1. The summed E-state index contributed by atoms with van der Waals surface area (Å²) >= 11 is 0. The van der Waals surface area contributed by atoms with E-state index in [1.807, 2.05) is 31.2 Å². The van der Waals surface area contributed by atoms with Crippen molar-refractivity contribution in [2.75, 3.05) is 13.1 Å². The van der Waals surface area contributed by atoms with Crippen LogP contribution in [0.3, 0.4) is 0 Å². The number of aryl methyl sites for hydroxylation is 1. The average Bonchev–Trinajstić information content (AvgIpc) is 2.56. The van der Waals surface area contributed by atoms with Crippen LogP contribution >= 0.6 is 0 Å². The Morgan fingerprint density at radius 2 is 2.20 bits per heavy atom. The summed E-state index contributed by atoms with van der Waals surface area (Å²) in [6, 6.07) is 13.3. The first kappa shape index (κ1) is 16.9. The van der Waals surface area contributed by atoms with Gasteiger partial charge in [0.2, 0.25) is 0 Å². The van der Waals surface area contributed by atoms with Crippen LogP contribution in [-0.2, 0) is 17.9 Å². The second kappa shape index (κ2) is 7.32. The Kier molecular flexibility index (Phi) is 4.96. The molecule has 1 aromatic carbocycles. The van der Waals surface area contributed by atoms with Crippen LogP contribution in [0.25, 0.3) is 0 Å². The van der Waals surface area contributed by atoms with Crippen molar-refractivity contribution in [1.82, 2.24) is 9.88 Å². The normalized spacial score (nSPS) is 14.6. The molecular weight excluding hydrogens is 318 g/mol. The maximum atomic E-state index is 10.8. The van der Waals surface area contributed by atoms with Gasteiger partial charge in [-0.1, -0.05) is 18.2 Å². The maximum absolute atomic E-state index is 10.8. The SMILES string of the molecule is Cc1cc(CN2CC(C(=O)O)C2)ccc1OCc1cccc(C#N)n1. The van der Waals surface area contributed by atoms with Crippen LogP contribution in [0, 0.1) is 24.2 Å². The molecule has 128 valence electrons. The molecule has 1 N–H and O–H groups in total. The predicted octanol–water partition coefficient (Wildman–Crippen LogP) is 2.36. The summed E-state index contributed by atoms with van der Waals surface area (Å²) in [6.45, 7) is 4.24. The molecule has 1 aromatic heterocycles. The minimum absolute atomic E-state index is 0.236. The van der Waals surface area contributed by atoms with Gasteiger partial charge in [0.15, 0.2) is 0 Å². The van der Waals surface area contributed by atoms with E-state index in [0.29, 0.717) is 31.1 Å². The number of rotatable bonds is 6. The number of carbonyl (C=O) groups is 1. The van der Waals surface area contributed by atoms with Crippen LogP contribution < -0.4 is 4.74 Å². The molecule has 1 fully saturated rings. The summed E-state index contributed by atoms with van der Waals surface area (Å²) in [6.07, 6.45) is 0. The summed E-state index contributed by atoms with van der Waals surface area (Å²) in [7, 11) is 0. The number of ether oxygens (including phenoxy) is 1. The van der Waals surface area contributed by atoms with Gasteiger partial charge in [-0.15, -0.1) is 0 Å². The highest BCUT2D eigenvalue weighted by Crippen LogP contribution is 2.23. The minimum Gasteiger partial charge on any atom is -0.487 e. The Balaban J connectivity index is 1.57. The molecule has 0 bridgehead atoms. The zero-order chi connectivity index (χ0) is 17.8. The summed E-state index contributed by atoms with van der Waals surface area (Å²) in [5.41, 5.74) is 3.24. The zero-order valence-corrected chi connectivity index (χ0v) is 14.0. The number of likely N-dealkylation sites (tertiary alicyclic amines) is 1. The molecule has 0 amide bonds. The van der Waals surface area contributed by atoms with Crippen LogP contribution in [0.2, 0.25) is 0 Å². The van der Waals surface area contributed by atoms with Crippen molar-refractivity contribution in [2.24, 2.45) is 5.92 Å². The largest absolute Gasteiger partial charge is 0.487 e. The molecule has 0 aliphatic carbocycles. The number of hydrogen-bond acceptors (Lipinski definition) is 5. The second-order valence-electron chi connectivity index (χ2n) is 6.24. The van der Waals surface area contributed by atoms with Crippen molar-refractivity contribution in [1.29, 1.82) is 5.26 Å². The molecule has 6 nitrogen and oxygen atoms in total. The average molecular weight is 337 g/mol. The Morgan fingerprint density at radius 3 is 2.88 bits per heavy atom. The standard InChI is InChI=1S/C19H19N3O3/c1-13-7-14(9-22-10-15(11-22)19(23)24)5-6-18(13)25-12-17-4-2-3-16(8-20)21-17/h2-7,15H,9-12H2,1H3,(H,23,24). The van der Waals surface area contributed by atoms with Crippen molar-refractivity contribution in [3.63, 3.8) is 0 Å². The van der Waals surface area contributed by atoms with Gasteiger partial charge in [0.1, 0.15) is 24.1 Å². The van der Waals surface area contributed by atoms with E-state index in [1.165, 1.54) is 0 Å². The molecule has 2 heterocycles. The Bertz CT molecular complexity index is 823. The van der Waals surface area contributed by atoms with Gasteiger partial charge in [0.05, 0.1) is 11.6 Å². The molecule has 0 unspecified atom stereocenters. The van der Waals surface area contributed by atoms with E-state index in [-0.39, 0.29) is 5.92 Å². The van der Waals surface area contributed by atoms with E-state index in [1.54, 1.807) is 12.1 Å². The van der Waals surface area contributed by atoms with E-state index in [4.69, 9.17) is 15.1 Å². The van der Waals surface area contributed by atoms with Gasteiger partial charge in [-0.25, -0.2) is 4.98 Å². The van der Waals surface area contributed by atoms with Crippen molar-refractivity contribution < 1.29 is 14.6 Å². The number of pyridine rings is 1. The van der Waals surface area contributed by atoms with Crippen LogP contribution in [0.1, 0.15) is 22.5 Å². The topological polar surface area (TPSA) is 86.5 Å². The molecule has 25 heavy (non-hydrogen) atoms. The maximum Gasteiger partial charge on any atom is 0.309 e. The molecule has 2 aromatic rings. The van der Waals surface area contributed by atoms with Crippen molar-refractivity contribution in [3.8, 4) is 11.8 Å². The molecule has 0 spiro atoms. The van der Waals surface area contributed by atoms with Gasteiger partial charge >= 0.3 is 5.97 Å². The molecule has 0 saturated carbocycles. The lowest BCUT2D eigenvalue weighted by Crippen LogP contribution is -2.49.